The van der Waals surface area contributed by atoms with Gasteiger partial charge in [0.25, 0.3) is 0 Å². The smallest absolute Gasteiger partial charge is 0.192 e. The van der Waals surface area contributed by atoms with E-state index in [0.29, 0.717) is 11.8 Å². The molecule has 0 spiro atoms. The first-order valence-electron chi connectivity index (χ1n) is 9.04. The summed E-state index contributed by atoms with van der Waals surface area (Å²) in [6, 6.07) is 0. The van der Waals surface area contributed by atoms with Gasteiger partial charge in [0, 0.05) is 6.61 Å². The summed E-state index contributed by atoms with van der Waals surface area (Å²) in [5.41, 5.74) is 1.15. The van der Waals surface area contributed by atoms with Crippen LogP contribution in [0.15, 0.2) is 12.2 Å². The molecule has 1 aliphatic carbocycles. The molecule has 0 aromatic heterocycles. The monoisotopic (exact) mass is 326 g/mol. The number of hydrogen-bond donors (Lipinski definition) is 1. The van der Waals surface area contributed by atoms with E-state index in [1.165, 1.54) is 32.1 Å². The van der Waals surface area contributed by atoms with Gasteiger partial charge in [-0.05, 0) is 49.2 Å². The fraction of sp³-hybridized carbons (Fsp3) is 0.895. The Kier molecular flexibility index (Phi) is 7.35. The highest BCUT2D eigenvalue weighted by molar-refractivity contribution is 6.74. The molecule has 1 rings (SSSR count). The van der Waals surface area contributed by atoms with Crippen molar-refractivity contribution in [3.05, 3.63) is 12.2 Å². The Bertz CT molecular complexity index is 351. The van der Waals surface area contributed by atoms with Crippen LogP contribution >= 0.6 is 0 Å². The van der Waals surface area contributed by atoms with Gasteiger partial charge >= 0.3 is 0 Å². The highest BCUT2D eigenvalue weighted by Crippen LogP contribution is 2.37. The lowest BCUT2D eigenvalue weighted by Gasteiger charge is -2.37. The molecule has 2 nitrogen and oxygen atoms in total. The van der Waals surface area contributed by atoms with E-state index >= 15 is 0 Å². The van der Waals surface area contributed by atoms with Gasteiger partial charge in [-0.25, -0.2) is 0 Å². The van der Waals surface area contributed by atoms with Crippen LogP contribution < -0.4 is 0 Å². The van der Waals surface area contributed by atoms with E-state index in [4.69, 9.17) is 4.43 Å². The third-order valence-electron chi connectivity index (χ3n) is 5.86. The van der Waals surface area contributed by atoms with E-state index < -0.39 is 8.32 Å². The van der Waals surface area contributed by atoms with E-state index in [0.717, 1.165) is 18.6 Å². The zero-order valence-electron chi connectivity index (χ0n) is 15.7. The van der Waals surface area contributed by atoms with Crippen molar-refractivity contribution in [2.24, 2.45) is 11.8 Å². The van der Waals surface area contributed by atoms with Crippen LogP contribution in [-0.4, -0.2) is 26.1 Å². The van der Waals surface area contributed by atoms with Crippen molar-refractivity contribution >= 4 is 8.32 Å². The van der Waals surface area contributed by atoms with Gasteiger partial charge in [-0.15, -0.1) is 0 Å². The Morgan fingerprint density at radius 1 is 1.23 bits per heavy atom. The second-order valence-electron chi connectivity index (χ2n) is 8.80. The average Bonchev–Trinajstić information content (AvgIpc) is 2.44. The molecule has 0 aliphatic heterocycles. The number of rotatable bonds is 7. The third kappa shape index (κ3) is 5.82. The van der Waals surface area contributed by atoms with Crippen LogP contribution in [0, 0.1) is 11.8 Å². The molecule has 0 saturated heterocycles. The summed E-state index contributed by atoms with van der Waals surface area (Å²) in [6.07, 6.45) is 6.79. The van der Waals surface area contributed by atoms with Crippen molar-refractivity contribution in [2.45, 2.75) is 90.5 Å². The van der Waals surface area contributed by atoms with Gasteiger partial charge in [-0.3, -0.25) is 0 Å². The zero-order valence-corrected chi connectivity index (χ0v) is 16.7. The number of aliphatic hydroxyl groups is 1. The maximum Gasteiger partial charge on any atom is 0.192 e. The van der Waals surface area contributed by atoms with Crippen LogP contribution in [0.5, 0.6) is 0 Å². The SMILES string of the molecule is C=C(C[C@@H](O)C1CCCCC1)[C@@H](C)CO[Si](C)(C)C(C)(C)C. The van der Waals surface area contributed by atoms with E-state index in [-0.39, 0.29) is 11.1 Å². The van der Waals surface area contributed by atoms with Gasteiger partial charge in [-0.1, -0.05) is 59.1 Å². The predicted octanol–water partition coefficient (Wildman–Crippen LogP) is 5.53. The molecule has 2 atom stereocenters. The van der Waals surface area contributed by atoms with Crippen LogP contribution in [-0.2, 0) is 4.43 Å². The van der Waals surface area contributed by atoms with Gasteiger partial charge in [0.05, 0.1) is 6.10 Å². The Labute approximate surface area is 139 Å². The van der Waals surface area contributed by atoms with Crippen LogP contribution in [0.3, 0.4) is 0 Å². The molecule has 22 heavy (non-hydrogen) atoms. The molecule has 3 heteroatoms. The van der Waals surface area contributed by atoms with Gasteiger partial charge in [0.1, 0.15) is 0 Å². The quantitative estimate of drug-likeness (QED) is 0.492. The minimum Gasteiger partial charge on any atom is -0.416 e. The summed E-state index contributed by atoms with van der Waals surface area (Å²) in [5, 5.41) is 10.7. The summed E-state index contributed by atoms with van der Waals surface area (Å²) in [6.45, 7) is 18.5. The second kappa shape index (κ2) is 8.12. The highest BCUT2D eigenvalue weighted by atomic mass is 28.4. The minimum absolute atomic E-state index is 0.205. The van der Waals surface area contributed by atoms with Crippen molar-refractivity contribution in [1.82, 2.24) is 0 Å². The standard InChI is InChI=1S/C19H38O2Si/c1-15(13-18(20)17-11-9-8-10-12-17)16(2)14-21-22(6,7)19(3,4)5/h16-18,20H,1,8-14H2,2-7H3/t16-,18+/m0/s1. The maximum absolute atomic E-state index is 10.5. The molecule has 0 bridgehead atoms. The molecule has 1 fully saturated rings. The molecular formula is C19H38O2Si. The van der Waals surface area contributed by atoms with Crippen LogP contribution in [0.4, 0.5) is 0 Å². The van der Waals surface area contributed by atoms with Crippen molar-refractivity contribution in [1.29, 1.82) is 0 Å². The molecule has 130 valence electrons. The molecule has 1 N–H and O–H groups in total. The second-order valence-corrected chi connectivity index (χ2v) is 13.6. The van der Waals surface area contributed by atoms with Gasteiger partial charge < -0.3 is 9.53 Å². The van der Waals surface area contributed by atoms with Gasteiger partial charge in [-0.2, -0.15) is 0 Å². The minimum atomic E-state index is -1.69. The van der Waals surface area contributed by atoms with E-state index in [1.54, 1.807) is 0 Å². The van der Waals surface area contributed by atoms with E-state index in [2.05, 4.69) is 47.4 Å². The van der Waals surface area contributed by atoms with Crippen LogP contribution in [0.25, 0.3) is 0 Å². The van der Waals surface area contributed by atoms with Crippen LogP contribution in [0.1, 0.15) is 66.2 Å². The fourth-order valence-electron chi connectivity index (χ4n) is 2.82. The lowest BCUT2D eigenvalue weighted by atomic mass is 9.82. The average molecular weight is 327 g/mol. The van der Waals surface area contributed by atoms with Gasteiger partial charge in [0.15, 0.2) is 8.32 Å². The lowest BCUT2D eigenvalue weighted by Crippen LogP contribution is -2.42. The molecule has 0 aromatic carbocycles. The van der Waals surface area contributed by atoms with Crippen molar-refractivity contribution < 1.29 is 9.53 Å². The Morgan fingerprint density at radius 3 is 2.27 bits per heavy atom. The third-order valence-corrected chi connectivity index (χ3v) is 10.4. The van der Waals surface area contributed by atoms with E-state index in [9.17, 15) is 5.11 Å². The normalized spacial score (nSPS) is 20.7. The van der Waals surface area contributed by atoms with Crippen molar-refractivity contribution in [3.63, 3.8) is 0 Å². The fourth-order valence-corrected chi connectivity index (χ4v) is 3.92. The summed E-state index contributed by atoms with van der Waals surface area (Å²) in [4.78, 5) is 0. The Balaban J connectivity index is 2.41. The molecule has 0 radical (unpaired) electrons. The lowest BCUT2D eigenvalue weighted by molar-refractivity contribution is 0.0820. The summed E-state index contributed by atoms with van der Waals surface area (Å²) in [7, 11) is -1.69. The molecule has 0 aromatic rings. The Morgan fingerprint density at radius 2 is 1.77 bits per heavy atom. The molecule has 0 unspecified atom stereocenters. The molecule has 0 heterocycles. The first-order chi connectivity index (χ1) is 10.0. The first kappa shape index (κ1) is 19.9. The maximum atomic E-state index is 10.5. The topological polar surface area (TPSA) is 29.5 Å². The highest BCUT2D eigenvalue weighted by Gasteiger charge is 2.37. The Hall–Kier alpha value is -0.123. The summed E-state index contributed by atoms with van der Waals surface area (Å²) >= 11 is 0. The number of hydrogen-bond acceptors (Lipinski definition) is 2. The summed E-state index contributed by atoms with van der Waals surface area (Å²) in [5.74, 6) is 0.811. The van der Waals surface area contributed by atoms with Crippen molar-refractivity contribution in [2.75, 3.05) is 6.61 Å². The van der Waals surface area contributed by atoms with Crippen molar-refractivity contribution in [3.8, 4) is 0 Å². The van der Waals surface area contributed by atoms with E-state index in [1.807, 2.05) is 0 Å². The van der Waals surface area contributed by atoms with Gasteiger partial charge in [0.2, 0.25) is 0 Å². The molecule has 1 saturated carbocycles. The summed E-state index contributed by atoms with van der Waals surface area (Å²) < 4.78 is 6.30. The molecule has 1 aliphatic rings. The predicted molar refractivity (Wildman–Crippen MR) is 98.7 cm³/mol. The first-order valence-corrected chi connectivity index (χ1v) is 11.9. The zero-order chi connectivity index (χ0) is 17.0. The molecular weight excluding hydrogens is 288 g/mol. The number of aliphatic hydroxyl groups excluding tert-OH is 1. The van der Waals surface area contributed by atoms with Crippen LogP contribution in [0.2, 0.25) is 18.1 Å². The largest absolute Gasteiger partial charge is 0.416 e. The molecule has 0 amide bonds.